The molecule has 1 aliphatic rings. The number of nitrogens with zero attached hydrogens (tertiary/aromatic N) is 2. The Balaban J connectivity index is 2.09. The van der Waals surface area contributed by atoms with Gasteiger partial charge in [-0.1, -0.05) is 17.7 Å². The van der Waals surface area contributed by atoms with Crippen LogP contribution in [0.1, 0.15) is 12.0 Å². The number of hydrogen-bond acceptors (Lipinski definition) is 2. The normalized spacial score (nSPS) is 21.1. The van der Waals surface area contributed by atoms with Crippen LogP contribution in [0.4, 0.5) is 0 Å². The standard InChI is InChI=1S/C10H10Cl2N2O/c11-8-4-9(15)14(6-8)5-7-2-1-3-13-10(7)12/h1-3,8H,4-6H2. The summed E-state index contributed by atoms with van der Waals surface area (Å²) >= 11 is 11.8. The highest BCUT2D eigenvalue weighted by atomic mass is 35.5. The molecule has 0 spiro atoms. The number of likely N-dealkylation sites (tertiary alicyclic amines) is 1. The zero-order valence-corrected chi connectivity index (χ0v) is 9.50. The van der Waals surface area contributed by atoms with Crippen molar-refractivity contribution in [3.05, 3.63) is 29.0 Å². The summed E-state index contributed by atoms with van der Waals surface area (Å²) in [4.78, 5) is 17.1. The van der Waals surface area contributed by atoms with Crippen molar-refractivity contribution in [2.24, 2.45) is 0 Å². The van der Waals surface area contributed by atoms with E-state index in [4.69, 9.17) is 23.2 Å². The van der Waals surface area contributed by atoms with Crippen LogP contribution in [0.5, 0.6) is 0 Å². The number of amides is 1. The molecule has 1 aliphatic heterocycles. The Morgan fingerprint density at radius 1 is 1.60 bits per heavy atom. The lowest BCUT2D eigenvalue weighted by Crippen LogP contribution is -2.24. The molecule has 1 amide bonds. The summed E-state index contributed by atoms with van der Waals surface area (Å²) in [6, 6.07) is 3.67. The molecule has 1 unspecified atom stereocenters. The summed E-state index contributed by atoms with van der Waals surface area (Å²) in [6.07, 6.45) is 2.04. The van der Waals surface area contributed by atoms with Gasteiger partial charge in [-0.2, -0.15) is 0 Å². The molecular formula is C10H10Cl2N2O. The molecule has 2 heterocycles. The molecule has 0 aliphatic carbocycles. The molecule has 0 radical (unpaired) electrons. The number of carbonyl (C=O) groups is 1. The second-order valence-electron chi connectivity index (χ2n) is 3.53. The maximum atomic E-state index is 11.5. The third kappa shape index (κ3) is 2.41. The quantitative estimate of drug-likeness (QED) is 0.590. The van der Waals surface area contributed by atoms with E-state index in [-0.39, 0.29) is 11.3 Å². The molecule has 1 saturated heterocycles. The summed E-state index contributed by atoms with van der Waals surface area (Å²) in [5.74, 6) is 0.0786. The van der Waals surface area contributed by atoms with Gasteiger partial charge in [0.15, 0.2) is 0 Å². The van der Waals surface area contributed by atoms with Crippen LogP contribution in [0.3, 0.4) is 0 Å². The number of pyridine rings is 1. The molecule has 0 saturated carbocycles. The molecule has 80 valence electrons. The van der Waals surface area contributed by atoms with Crippen molar-refractivity contribution in [3.8, 4) is 0 Å². The summed E-state index contributed by atoms with van der Waals surface area (Å²) < 4.78 is 0. The van der Waals surface area contributed by atoms with Crippen LogP contribution in [-0.4, -0.2) is 27.7 Å². The monoisotopic (exact) mass is 244 g/mol. The van der Waals surface area contributed by atoms with E-state index in [0.717, 1.165) is 5.56 Å². The lowest BCUT2D eigenvalue weighted by atomic mass is 10.3. The summed E-state index contributed by atoms with van der Waals surface area (Å²) in [7, 11) is 0. The first kappa shape index (κ1) is 10.7. The molecule has 2 rings (SSSR count). The van der Waals surface area contributed by atoms with E-state index >= 15 is 0 Å². The Hall–Kier alpha value is -0.800. The smallest absolute Gasteiger partial charge is 0.224 e. The molecule has 1 aromatic heterocycles. The first-order valence-corrected chi connectivity index (χ1v) is 5.49. The van der Waals surface area contributed by atoms with Gasteiger partial charge in [0, 0.05) is 31.3 Å². The predicted molar refractivity (Wildman–Crippen MR) is 58.9 cm³/mol. The topological polar surface area (TPSA) is 33.2 Å². The van der Waals surface area contributed by atoms with E-state index in [9.17, 15) is 4.79 Å². The number of halogens is 2. The second kappa shape index (κ2) is 4.37. The zero-order valence-electron chi connectivity index (χ0n) is 7.99. The molecule has 1 atom stereocenters. The van der Waals surface area contributed by atoms with Crippen LogP contribution in [-0.2, 0) is 11.3 Å². The molecule has 1 aromatic rings. The number of aromatic nitrogens is 1. The Kier molecular flexibility index (Phi) is 3.12. The number of alkyl halides is 1. The van der Waals surface area contributed by atoms with Crippen LogP contribution in [0, 0.1) is 0 Å². The molecular weight excluding hydrogens is 235 g/mol. The van der Waals surface area contributed by atoms with Crippen LogP contribution in [0.15, 0.2) is 18.3 Å². The molecule has 0 N–H and O–H groups in total. The van der Waals surface area contributed by atoms with E-state index in [0.29, 0.717) is 24.7 Å². The Bertz CT molecular complexity index is 383. The maximum Gasteiger partial charge on any atom is 0.224 e. The molecule has 0 aromatic carbocycles. The Morgan fingerprint density at radius 3 is 3.00 bits per heavy atom. The highest BCUT2D eigenvalue weighted by Gasteiger charge is 2.28. The second-order valence-corrected chi connectivity index (χ2v) is 4.50. The summed E-state index contributed by atoms with van der Waals surface area (Å²) in [6.45, 7) is 1.08. The van der Waals surface area contributed by atoms with Crippen molar-refractivity contribution in [2.45, 2.75) is 18.3 Å². The zero-order chi connectivity index (χ0) is 10.8. The van der Waals surface area contributed by atoms with Crippen LogP contribution in [0.25, 0.3) is 0 Å². The van der Waals surface area contributed by atoms with Gasteiger partial charge in [0.2, 0.25) is 5.91 Å². The van der Waals surface area contributed by atoms with Gasteiger partial charge in [-0.3, -0.25) is 4.79 Å². The average molecular weight is 245 g/mol. The lowest BCUT2D eigenvalue weighted by Gasteiger charge is -2.15. The van der Waals surface area contributed by atoms with Crippen molar-refractivity contribution in [1.29, 1.82) is 0 Å². The first-order valence-electron chi connectivity index (χ1n) is 4.68. The third-order valence-electron chi connectivity index (χ3n) is 2.36. The fourth-order valence-electron chi connectivity index (χ4n) is 1.62. The Morgan fingerprint density at radius 2 is 2.40 bits per heavy atom. The third-order valence-corrected chi connectivity index (χ3v) is 3.00. The van der Waals surface area contributed by atoms with Crippen LogP contribution in [0.2, 0.25) is 5.15 Å². The van der Waals surface area contributed by atoms with Gasteiger partial charge >= 0.3 is 0 Å². The van der Waals surface area contributed by atoms with Crippen LogP contribution < -0.4 is 0 Å². The molecule has 3 nitrogen and oxygen atoms in total. The first-order chi connectivity index (χ1) is 7.16. The van der Waals surface area contributed by atoms with Gasteiger partial charge in [-0.15, -0.1) is 11.6 Å². The summed E-state index contributed by atoms with van der Waals surface area (Å²) in [5.41, 5.74) is 0.860. The Labute approximate surface area is 98.0 Å². The van der Waals surface area contributed by atoms with Crippen molar-refractivity contribution in [2.75, 3.05) is 6.54 Å². The minimum absolute atomic E-state index is 0.0760. The van der Waals surface area contributed by atoms with E-state index in [2.05, 4.69) is 4.98 Å². The van der Waals surface area contributed by atoms with E-state index < -0.39 is 0 Å². The predicted octanol–water partition coefficient (Wildman–Crippen LogP) is 2.07. The van der Waals surface area contributed by atoms with Crippen molar-refractivity contribution in [1.82, 2.24) is 9.88 Å². The number of hydrogen-bond donors (Lipinski definition) is 0. The number of rotatable bonds is 2. The lowest BCUT2D eigenvalue weighted by molar-refractivity contribution is -0.128. The van der Waals surface area contributed by atoms with Gasteiger partial charge in [0.05, 0.1) is 5.38 Å². The van der Waals surface area contributed by atoms with E-state index in [1.807, 2.05) is 6.07 Å². The summed E-state index contributed by atoms with van der Waals surface area (Å²) in [5, 5.41) is 0.372. The van der Waals surface area contributed by atoms with E-state index in [1.54, 1.807) is 17.2 Å². The maximum absolute atomic E-state index is 11.5. The fraction of sp³-hybridized carbons (Fsp3) is 0.400. The van der Waals surface area contributed by atoms with Gasteiger partial charge in [-0.25, -0.2) is 4.98 Å². The van der Waals surface area contributed by atoms with Gasteiger partial charge < -0.3 is 4.90 Å². The van der Waals surface area contributed by atoms with Crippen molar-refractivity contribution in [3.63, 3.8) is 0 Å². The number of carbonyl (C=O) groups excluding carboxylic acids is 1. The SMILES string of the molecule is O=C1CC(Cl)CN1Cc1cccnc1Cl. The van der Waals surface area contributed by atoms with Crippen molar-refractivity contribution >= 4 is 29.1 Å². The van der Waals surface area contributed by atoms with E-state index in [1.165, 1.54) is 0 Å². The van der Waals surface area contributed by atoms with Crippen molar-refractivity contribution < 1.29 is 4.79 Å². The highest BCUT2D eigenvalue weighted by molar-refractivity contribution is 6.30. The fourth-order valence-corrected chi connectivity index (χ4v) is 2.10. The molecule has 0 bridgehead atoms. The molecule has 15 heavy (non-hydrogen) atoms. The van der Waals surface area contributed by atoms with Gasteiger partial charge in [0.25, 0.3) is 0 Å². The van der Waals surface area contributed by atoms with Gasteiger partial charge in [0.1, 0.15) is 5.15 Å². The average Bonchev–Trinajstić information content (AvgIpc) is 2.49. The highest BCUT2D eigenvalue weighted by Crippen LogP contribution is 2.21. The largest absolute Gasteiger partial charge is 0.337 e. The van der Waals surface area contributed by atoms with Crippen LogP contribution >= 0.6 is 23.2 Å². The molecule has 1 fully saturated rings. The molecule has 5 heteroatoms. The minimum Gasteiger partial charge on any atom is -0.337 e. The van der Waals surface area contributed by atoms with Gasteiger partial charge in [-0.05, 0) is 6.07 Å². The minimum atomic E-state index is -0.0760.